The Bertz CT molecular complexity index is 878. The molecule has 0 spiro atoms. The van der Waals surface area contributed by atoms with Crippen LogP contribution in [0.2, 0.25) is 0 Å². The molecule has 0 saturated carbocycles. The molecule has 1 heterocycles. The lowest BCUT2D eigenvalue weighted by atomic mass is 10.1. The topological polar surface area (TPSA) is 142 Å². The third kappa shape index (κ3) is 3.75. The number of aliphatic hydroxyl groups is 4. The van der Waals surface area contributed by atoms with Gasteiger partial charge in [0.15, 0.2) is 0 Å². The minimum absolute atomic E-state index is 0.345. The SMILES string of the molecule is COC(=O)c1nc2cc(C)c(C)cc2n(C[C@H](O)[C@H](O)[C@H](O)CO)c1=O. The molecule has 0 aliphatic carbocycles. The van der Waals surface area contributed by atoms with Gasteiger partial charge < -0.3 is 29.7 Å². The standard InChI is InChI=1S/C17H22N2O7/c1-8-4-10-11(5-9(8)2)19(6-12(21)15(23)13(22)7-20)16(24)14(18-10)17(25)26-3/h4-5,12-13,15,20-23H,6-7H2,1-3H3/t12-,13+,15-/m0/s1. The molecule has 26 heavy (non-hydrogen) atoms. The monoisotopic (exact) mass is 366 g/mol. The van der Waals surface area contributed by atoms with Crippen molar-refractivity contribution in [1.29, 1.82) is 0 Å². The highest BCUT2D eigenvalue weighted by molar-refractivity contribution is 5.89. The molecule has 9 heteroatoms. The van der Waals surface area contributed by atoms with Crippen LogP contribution in [0.4, 0.5) is 0 Å². The minimum Gasteiger partial charge on any atom is -0.464 e. The third-order valence-electron chi connectivity index (χ3n) is 4.29. The van der Waals surface area contributed by atoms with E-state index in [9.17, 15) is 24.9 Å². The second-order valence-electron chi connectivity index (χ2n) is 6.10. The van der Waals surface area contributed by atoms with Gasteiger partial charge in [0.05, 0.1) is 31.3 Å². The summed E-state index contributed by atoms with van der Waals surface area (Å²) in [5, 5.41) is 38.4. The molecular formula is C17H22N2O7. The molecule has 2 rings (SSSR count). The molecule has 4 N–H and O–H groups in total. The number of esters is 1. The summed E-state index contributed by atoms with van der Waals surface area (Å²) < 4.78 is 5.68. The summed E-state index contributed by atoms with van der Waals surface area (Å²) >= 11 is 0. The van der Waals surface area contributed by atoms with Crippen molar-refractivity contribution in [2.75, 3.05) is 13.7 Å². The number of hydrogen-bond acceptors (Lipinski definition) is 8. The fourth-order valence-corrected chi connectivity index (χ4v) is 2.57. The first-order valence-corrected chi connectivity index (χ1v) is 7.96. The van der Waals surface area contributed by atoms with Crippen LogP contribution >= 0.6 is 0 Å². The number of aromatic nitrogens is 2. The molecule has 0 unspecified atom stereocenters. The van der Waals surface area contributed by atoms with Crippen molar-refractivity contribution >= 4 is 17.0 Å². The van der Waals surface area contributed by atoms with Crippen molar-refractivity contribution in [3.05, 3.63) is 39.3 Å². The Kier molecular flexibility index (Phi) is 6.09. The van der Waals surface area contributed by atoms with Crippen LogP contribution in [0.25, 0.3) is 11.0 Å². The average Bonchev–Trinajstić information content (AvgIpc) is 2.63. The van der Waals surface area contributed by atoms with Gasteiger partial charge in [0.25, 0.3) is 5.56 Å². The molecule has 0 radical (unpaired) electrons. The van der Waals surface area contributed by atoms with E-state index in [2.05, 4.69) is 9.72 Å². The predicted octanol–water partition coefficient (Wildman–Crippen LogP) is -1.13. The lowest BCUT2D eigenvalue weighted by molar-refractivity contribution is -0.0805. The zero-order valence-corrected chi connectivity index (χ0v) is 14.7. The predicted molar refractivity (Wildman–Crippen MR) is 91.9 cm³/mol. The van der Waals surface area contributed by atoms with Gasteiger partial charge >= 0.3 is 5.97 Å². The smallest absolute Gasteiger partial charge is 0.362 e. The van der Waals surface area contributed by atoms with Crippen molar-refractivity contribution in [3.63, 3.8) is 0 Å². The van der Waals surface area contributed by atoms with E-state index in [4.69, 9.17) is 5.11 Å². The molecule has 0 amide bonds. The maximum atomic E-state index is 12.7. The van der Waals surface area contributed by atoms with Crippen LogP contribution < -0.4 is 5.56 Å². The van der Waals surface area contributed by atoms with Gasteiger partial charge in [-0.1, -0.05) is 0 Å². The van der Waals surface area contributed by atoms with E-state index in [0.29, 0.717) is 11.0 Å². The quantitative estimate of drug-likeness (QED) is 0.471. The van der Waals surface area contributed by atoms with Gasteiger partial charge in [0, 0.05) is 0 Å². The lowest BCUT2D eigenvalue weighted by Gasteiger charge is -2.23. The number of carbonyl (C=O) groups is 1. The Morgan fingerprint density at radius 1 is 1.19 bits per heavy atom. The fraction of sp³-hybridized carbons (Fsp3) is 0.471. The molecule has 0 bridgehead atoms. The number of ether oxygens (including phenoxy) is 1. The van der Waals surface area contributed by atoms with E-state index in [0.717, 1.165) is 22.8 Å². The molecule has 1 aromatic carbocycles. The van der Waals surface area contributed by atoms with Crippen LogP contribution in [0.1, 0.15) is 21.6 Å². The van der Waals surface area contributed by atoms with Gasteiger partial charge in [-0.15, -0.1) is 0 Å². The second kappa shape index (κ2) is 7.92. The summed E-state index contributed by atoms with van der Waals surface area (Å²) in [6.45, 7) is 2.51. The fourth-order valence-electron chi connectivity index (χ4n) is 2.57. The first-order chi connectivity index (χ1) is 12.2. The van der Waals surface area contributed by atoms with E-state index in [-0.39, 0.29) is 0 Å². The number of hydrogen-bond donors (Lipinski definition) is 4. The van der Waals surface area contributed by atoms with Gasteiger partial charge in [-0.3, -0.25) is 4.79 Å². The number of carbonyl (C=O) groups excluding carboxylic acids is 1. The Morgan fingerprint density at radius 2 is 1.81 bits per heavy atom. The number of aliphatic hydroxyl groups excluding tert-OH is 4. The van der Waals surface area contributed by atoms with Gasteiger partial charge in [-0.05, 0) is 37.1 Å². The number of fused-ring (bicyclic) bond motifs is 1. The molecule has 1 aromatic heterocycles. The maximum absolute atomic E-state index is 12.7. The zero-order valence-electron chi connectivity index (χ0n) is 14.7. The number of benzene rings is 1. The van der Waals surface area contributed by atoms with E-state index >= 15 is 0 Å². The van der Waals surface area contributed by atoms with Crippen LogP contribution in [-0.2, 0) is 11.3 Å². The molecular weight excluding hydrogens is 344 g/mol. The van der Waals surface area contributed by atoms with Crippen LogP contribution in [0, 0.1) is 13.8 Å². The number of rotatable bonds is 6. The van der Waals surface area contributed by atoms with Gasteiger partial charge in [-0.2, -0.15) is 0 Å². The van der Waals surface area contributed by atoms with E-state index in [1.165, 1.54) is 0 Å². The highest BCUT2D eigenvalue weighted by atomic mass is 16.5. The van der Waals surface area contributed by atoms with Crippen molar-refractivity contribution in [2.24, 2.45) is 0 Å². The van der Waals surface area contributed by atoms with Crippen molar-refractivity contribution in [1.82, 2.24) is 9.55 Å². The molecule has 0 aliphatic heterocycles. The Labute approximate surface area is 149 Å². The van der Waals surface area contributed by atoms with Crippen LogP contribution in [-0.4, -0.2) is 68.0 Å². The molecule has 9 nitrogen and oxygen atoms in total. The van der Waals surface area contributed by atoms with Crippen molar-refractivity contribution in [2.45, 2.75) is 38.7 Å². The summed E-state index contributed by atoms with van der Waals surface area (Å²) in [6, 6.07) is 3.38. The van der Waals surface area contributed by atoms with E-state index in [1.54, 1.807) is 12.1 Å². The largest absolute Gasteiger partial charge is 0.464 e. The molecule has 2 aromatic rings. The summed E-state index contributed by atoms with van der Waals surface area (Å²) in [4.78, 5) is 28.6. The van der Waals surface area contributed by atoms with Gasteiger partial charge in [0.2, 0.25) is 5.69 Å². The maximum Gasteiger partial charge on any atom is 0.362 e. The highest BCUT2D eigenvalue weighted by Crippen LogP contribution is 2.18. The van der Waals surface area contributed by atoms with Gasteiger partial charge in [0.1, 0.15) is 18.3 Å². The normalized spacial score (nSPS) is 14.9. The molecule has 0 saturated heterocycles. The third-order valence-corrected chi connectivity index (χ3v) is 4.29. The summed E-state index contributed by atoms with van der Waals surface area (Å²) in [5.74, 6) is -0.922. The number of nitrogens with zero attached hydrogens (tertiary/aromatic N) is 2. The number of methoxy groups -OCH3 is 1. The Balaban J connectivity index is 2.65. The van der Waals surface area contributed by atoms with Crippen LogP contribution in [0.15, 0.2) is 16.9 Å². The first-order valence-electron chi connectivity index (χ1n) is 7.96. The molecule has 3 atom stereocenters. The van der Waals surface area contributed by atoms with E-state index in [1.807, 2.05) is 13.8 Å². The summed E-state index contributed by atoms with van der Waals surface area (Å²) in [5.41, 5.74) is 1.21. The van der Waals surface area contributed by atoms with E-state index < -0.39 is 48.7 Å². The Morgan fingerprint density at radius 3 is 2.38 bits per heavy atom. The summed E-state index contributed by atoms with van der Waals surface area (Å²) in [6.07, 6.45) is -4.81. The Hall–Kier alpha value is -2.33. The molecule has 0 fully saturated rings. The minimum atomic E-state index is -1.68. The lowest BCUT2D eigenvalue weighted by Crippen LogP contribution is -2.43. The van der Waals surface area contributed by atoms with Gasteiger partial charge in [-0.25, -0.2) is 9.78 Å². The average molecular weight is 366 g/mol. The first kappa shape index (κ1) is 20.0. The summed E-state index contributed by atoms with van der Waals surface area (Å²) in [7, 11) is 1.12. The number of aryl methyl sites for hydroxylation is 2. The van der Waals surface area contributed by atoms with Crippen LogP contribution in [0.3, 0.4) is 0 Å². The van der Waals surface area contributed by atoms with Crippen LogP contribution in [0.5, 0.6) is 0 Å². The second-order valence-corrected chi connectivity index (χ2v) is 6.10. The van der Waals surface area contributed by atoms with Crippen molar-refractivity contribution in [3.8, 4) is 0 Å². The molecule has 0 aliphatic rings. The highest BCUT2D eigenvalue weighted by Gasteiger charge is 2.27. The molecule has 142 valence electrons. The zero-order chi connectivity index (χ0) is 19.6. The van der Waals surface area contributed by atoms with Crippen molar-refractivity contribution < 1.29 is 30.0 Å².